The molecule has 1 unspecified atom stereocenters. The number of carboxylic acid groups (broad SMARTS) is 2. The van der Waals surface area contributed by atoms with Crippen LogP contribution in [0.1, 0.15) is 24.8 Å². The maximum absolute atomic E-state index is 12.3. The van der Waals surface area contributed by atoms with Crippen LogP contribution in [0.2, 0.25) is 0 Å². The van der Waals surface area contributed by atoms with Crippen LogP contribution in [0.5, 0.6) is 0 Å². The summed E-state index contributed by atoms with van der Waals surface area (Å²) in [6.45, 7) is -0.375. The highest BCUT2D eigenvalue weighted by molar-refractivity contribution is 7.99. The fourth-order valence-corrected chi connectivity index (χ4v) is 3.47. The molecule has 33 heavy (non-hydrogen) atoms. The summed E-state index contributed by atoms with van der Waals surface area (Å²) < 4.78 is 5.69. The molecular formula is C17H26N8O7S. The van der Waals surface area contributed by atoms with Crippen molar-refractivity contribution in [2.75, 3.05) is 30.0 Å². The first-order valence-corrected chi connectivity index (χ1v) is 10.9. The number of carbonyl (C=O) groups excluding carboxylic acids is 2. The molecule has 1 aromatic heterocycles. The molecule has 2 heterocycles. The third-order valence-electron chi connectivity index (χ3n) is 4.27. The lowest BCUT2D eigenvalue weighted by molar-refractivity contribution is -0.139. The van der Waals surface area contributed by atoms with Crippen molar-refractivity contribution in [1.82, 2.24) is 20.6 Å². The van der Waals surface area contributed by atoms with Gasteiger partial charge in [0.05, 0.1) is 12.9 Å². The van der Waals surface area contributed by atoms with Gasteiger partial charge in [0.2, 0.25) is 11.8 Å². The molecule has 2 amide bonds. The van der Waals surface area contributed by atoms with Gasteiger partial charge >= 0.3 is 11.9 Å². The molecule has 1 aliphatic rings. The molecule has 0 aromatic carbocycles. The Hall–Kier alpha value is -3.37. The number of aromatic nitrogens is 2. The maximum Gasteiger partial charge on any atom is 0.322 e. The van der Waals surface area contributed by atoms with Gasteiger partial charge in [-0.1, -0.05) is 0 Å². The summed E-state index contributed by atoms with van der Waals surface area (Å²) in [6, 6.07) is -2.24. The van der Waals surface area contributed by atoms with Gasteiger partial charge in [-0.3, -0.25) is 19.2 Å². The Balaban J connectivity index is 1.82. The average Bonchev–Trinajstić information content (AvgIpc) is 3.22. The number of nitrogens with two attached hydrogens (primary N) is 2. The predicted octanol–water partition coefficient (Wildman–Crippen LogP) is -2.22. The fraction of sp³-hybridized carbons (Fsp3) is 0.529. The van der Waals surface area contributed by atoms with Crippen LogP contribution >= 0.6 is 11.8 Å². The number of aliphatic imine (C=N–C) groups is 1. The lowest BCUT2D eigenvalue weighted by Gasteiger charge is -2.20. The van der Waals surface area contributed by atoms with E-state index >= 15 is 0 Å². The molecule has 182 valence electrons. The highest BCUT2D eigenvalue weighted by atomic mass is 32.2. The van der Waals surface area contributed by atoms with Crippen molar-refractivity contribution < 1.29 is 34.1 Å². The summed E-state index contributed by atoms with van der Waals surface area (Å²) in [7, 11) is 0. The number of carbonyl (C=O) groups is 4. The number of anilines is 1. The fourth-order valence-electron chi connectivity index (χ4n) is 2.62. The summed E-state index contributed by atoms with van der Waals surface area (Å²) >= 11 is 1.28. The van der Waals surface area contributed by atoms with Gasteiger partial charge in [0.15, 0.2) is 18.0 Å². The van der Waals surface area contributed by atoms with Gasteiger partial charge in [-0.15, -0.1) is 0 Å². The molecule has 0 saturated heterocycles. The Labute approximate surface area is 192 Å². The smallest absolute Gasteiger partial charge is 0.322 e. The number of nitrogens with one attached hydrogen (secondary N) is 4. The Bertz CT molecular complexity index is 892. The molecule has 0 saturated carbocycles. The van der Waals surface area contributed by atoms with E-state index in [1.807, 2.05) is 0 Å². The number of fused-ring (bicyclic) bond motifs is 1. The average molecular weight is 487 g/mol. The van der Waals surface area contributed by atoms with Crippen molar-refractivity contribution in [3.8, 4) is 0 Å². The molecule has 0 bridgehead atoms. The highest BCUT2D eigenvalue weighted by Crippen LogP contribution is 2.26. The molecule has 1 aromatic rings. The second-order valence-electron chi connectivity index (χ2n) is 6.82. The third kappa shape index (κ3) is 8.59. The molecule has 2 rings (SSSR count). The quantitative estimate of drug-likeness (QED) is 0.130. The van der Waals surface area contributed by atoms with Gasteiger partial charge in [0.1, 0.15) is 24.3 Å². The number of imidazole rings is 1. The van der Waals surface area contributed by atoms with Gasteiger partial charge in [-0.25, -0.2) is 9.98 Å². The van der Waals surface area contributed by atoms with Crippen LogP contribution in [0.15, 0.2) is 11.3 Å². The topological polar surface area (TPSA) is 247 Å². The monoisotopic (exact) mass is 486 g/mol. The third-order valence-corrected chi connectivity index (χ3v) is 5.30. The van der Waals surface area contributed by atoms with E-state index in [1.165, 1.54) is 18.1 Å². The molecule has 16 heteroatoms. The number of H-pyrrole nitrogens is 1. The van der Waals surface area contributed by atoms with Crippen molar-refractivity contribution >= 4 is 47.3 Å². The summed E-state index contributed by atoms with van der Waals surface area (Å²) in [5.41, 5.74) is 11.7. The van der Waals surface area contributed by atoms with Gasteiger partial charge in [0, 0.05) is 17.9 Å². The summed E-state index contributed by atoms with van der Waals surface area (Å²) in [6.07, 6.45) is 0.493. The number of hydrogen-bond acceptors (Lipinski definition) is 11. The van der Waals surface area contributed by atoms with Crippen LogP contribution in [0, 0.1) is 0 Å². The Morgan fingerprint density at radius 1 is 1.30 bits per heavy atom. The van der Waals surface area contributed by atoms with Gasteiger partial charge < -0.3 is 47.4 Å². The number of carboxylic acids is 2. The van der Waals surface area contributed by atoms with Gasteiger partial charge in [-0.05, 0) is 6.42 Å². The van der Waals surface area contributed by atoms with E-state index < -0.39 is 48.6 Å². The molecule has 15 nitrogen and oxygen atoms in total. The molecule has 10 N–H and O–H groups in total. The SMILES string of the molecule is NC1=NC(OCCSC[C@H](NC(=O)CC[C@H](N)C(=O)O)C(=O)NCC(=O)O)c2[nH]cnc2N1. The lowest BCUT2D eigenvalue weighted by atomic mass is 10.1. The minimum Gasteiger partial charge on any atom is -0.480 e. The first kappa shape index (κ1) is 25.9. The second-order valence-corrected chi connectivity index (χ2v) is 7.97. The largest absolute Gasteiger partial charge is 0.480 e. The van der Waals surface area contributed by atoms with E-state index in [4.69, 9.17) is 26.4 Å². The predicted molar refractivity (Wildman–Crippen MR) is 117 cm³/mol. The van der Waals surface area contributed by atoms with Crippen molar-refractivity contribution in [2.24, 2.45) is 16.5 Å². The van der Waals surface area contributed by atoms with E-state index in [-0.39, 0.29) is 31.2 Å². The zero-order chi connectivity index (χ0) is 24.4. The van der Waals surface area contributed by atoms with Crippen LogP contribution in [-0.4, -0.2) is 86.6 Å². The Morgan fingerprint density at radius 2 is 2.06 bits per heavy atom. The summed E-state index contributed by atoms with van der Waals surface area (Å²) in [4.78, 5) is 57.0. The molecule has 1 aliphatic heterocycles. The number of amides is 2. The lowest BCUT2D eigenvalue weighted by Crippen LogP contribution is -2.49. The standard InChI is InChI=1S/C17H26N8O7S/c18-8(16(30)31)1-2-10(26)23-9(14(29)20-5-11(27)28)6-33-4-3-32-15-12-13(22-7-21-12)24-17(19)25-15/h7-9,15H,1-6,18H2,(H,20,29)(H,21,22)(H,23,26)(H,27,28)(H,30,31)(H3,19,24,25)/t8-,9-,15?/m0/s1. The summed E-state index contributed by atoms with van der Waals surface area (Å²) in [5.74, 6) is -2.51. The minimum absolute atomic E-state index is 0.110. The van der Waals surface area contributed by atoms with Crippen LogP contribution in [0.4, 0.5) is 5.82 Å². The van der Waals surface area contributed by atoms with Crippen molar-refractivity contribution in [3.05, 3.63) is 12.0 Å². The second kappa shape index (κ2) is 12.6. The number of thioether (sulfide) groups is 1. The first-order chi connectivity index (χ1) is 15.7. The molecule has 0 spiro atoms. The molecular weight excluding hydrogens is 460 g/mol. The highest BCUT2D eigenvalue weighted by Gasteiger charge is 2.24. The van der Waals surface area contributed by atoms with Gasteiger partial charge in [-0.2, -0.15) is 11.8 Å². The van der Waals surface area contributed by atoms with E-state index in [0.717, 1.165) is 0 Å². The van der Waals surface area contributed by atoms with E-state index in [9.17, 15) is 19.2 Å². The van der Waals surface area contributed by atoms with Crippen LogP contribution in [0.3, 0.4) is 0 Å². The number of rotatable bonds is 14. The Morgan fingerprint density at radius 3 is 2.76 bits per heavy atom. The number of ether oxygens (including phenoxy) is 1. The number of nitrogens with zero attached hydrogens (tertiary/aromatic N) is 2. The van der Waals surface area contributed by atoms with Crippen LogP contribution < -0.4 is 27.4 Å². The molecule has 0 radical (unpaired) electrons. The Kier molecular flexibility index (Phi) is 9.89. The van der Waals surface area contributed by atoms with Crippen molar-refractivity contribution in [1.29, 1.82) is 0 Å². The number of guanidine groups is 1. The number of aliphatic carboxylic acids is 2. The maximum atomic E-state index is 12.3. The first-order valence-electron chi connectivity index (χ1n) is 9.77. The molecule has 3 atom stereocenters. The van der Waals surface area contributed by atoms with Crippen molar-refractivity contribution in [3.63, 3.8) is 0 Å². The van der Waals surface area contributed by atoms with E-state index in [2.05, 4.69) is 30.9 Å². The van der Waals surface area contributed by atoms with E-state index in [0.29, 0.717) is 17.3 Å². The van der Waals surface area contributed by atoms with Crippen LogP contribution in [-0.2, 0) is 23.9 Å². The normalized spacial score (nSPS) is 16.5. The minimum atomic E-state index is -1.24. The van der Waals surface area contributed by atoms with Crippen LogP contribution in [0.25, 0.3) is 0 Å². The zero-order valence-electron chi connectivity index (χ0n) is 17.4. The zero-order valence-corrected chi connectivity index (χ0v) is 18.3. The number of hydrogen-bond donors (Lipinski definition) is 8. The number of aromatic amines is 1. The van der Waals surface area contributed by atoms with E-state index in [1.54, 1.807) is 0 Å². The molecule has 0 aliphatic carbocycles. The van der Waals surface area contributed by atoms with Crippen molar-refractivity contribution in [2.45, 2.75) is 31.2 Å². The van der Waals surface area contributed by atoms with Gasteiger partial charge in [0.25, 0.3) is 0 Å². The molecule has 0 fully saturated rings. The summed E-state index contributed by atoms with van der Waals surface area (Å²) in [5, 5.41) is 25.0.